The maximum atomic E-state index is 13.0. The van der Waals surface area contributed by atoms with E-state index in [-0.39, 0.29) is 36.2 Å². The lowest BCUT2D eigenvalue weighted by Crippen LogP contribution is -2.37. The molecule has 2 amide bonds. The number of amides is 2. The second-order valence-electron chi connectivity index (χ2n) is 9.65. The van der Waals surface area contributed by atoms with Crippen molar-refractivity contribution in [2.24, 2.45) is 0 Å². The maximum Gasteiger partial charge on any atom is 0.227 e. The molecule has 1 aliphatic heterocycles. The molecule has 0 aromatic heterocycles. The number of hydrogen-bond acceptors (Lipinski definition) is 5. The van der Waals surface area contributed by atoms with Crippen LogP contribution in [0, 0.1) is 6.92 Å². The minimum atomic E-state index is -3.28. The van der Waals surface area contributed by atoms with Gasteiger partial charge in [0.25, 0.3) is 0 Å². The van der Waals surface area contributed by atoms with E-state index >= 15 is 0 Å². The van der Waals surface area contributed by atoms with Gasteiger partial charge in [-0.05, 0) is 53.3 Å². The summed E-state index contributed by atoms with van der Waals surface area (Å²) >= 11 is 0. The Morgan fingerprint density at radius 1 is 0.973 bits per heavy atom. The Balaban J connectivity index is 1.38. The average Bonchev–Trinajstić information content (AvgIpc) is 2.86. The molecular weight excluding hydrogens is 488 g/mol. The Kier molecular flexibility index (Phi) is 8.10. The van der Waals surface area contributed by atoms with Crippen LogP contribution in [0.4, 0.5) is 0 Å². The summed E-state index contributed by atoms with van der Waals surface area (Å²) in [4.78, 5) is 27.7. The highest BCUT2D eigenvalue weighted by molar-refractivity contribution is 7.90. The SMILES string of the molecule is Cc1cccc([C@@H](CO)NC(=O)Cc2ccc3c(c2)CN(C(=O)Cc2ccc(S(C)(=O)=O)cc2)CC3)c1. The first-order chi connectivity index (χ1) is 17.6. The molecule has 0 saturated heterocycles. The fraction of sp³-hybridized carbons (Fsp3) is 0.310. The molecular formula is C29H32N2O5S. The lowest BCUT2D eigenvalue weighted by molar-refractivity contribution is -0.131. The van der Waals surface area contributed by atoms with E-state index in [0.29, 0.717) is 13.1 Å². The molecule has 4 rings (SSSR count). The zero-order chi connectivity index (χ0) is 26.6. The molecule has 8 heteroatoms. The van der Waals surface area contributed by atoms with Crippen molar-refractivity contribution >= 4 is 21.7 Å². The monoisotopic (exact) mass is 520 g/mol. The van der Waals surface area contributed by atoms with Crippen LogP contribution in [-0.4, -0.2) is 49.6 Å². The summed E-state index contributed by atoms with van der Waals surface area (Å²) in [5.41, 5.74) is 5.73. The third-order valence-corrected chi connectivity index (χ3v) is 7.80. The van der Waals surface area contributed by atoms with Gasteiger partial charge in [-0.25, -0.2) is 8.42 Å². The summed E-state index contributed by atoms with van der Waals surface area (Å²) in [5, 5.41) is 12.7. The number of carbonyl (C=O) groups is 2. The number of aryl methyl sites for hydroxylation is 1. The van der Waals surface area contributed by atoms with Crippen LogP contribution in [-0.2, 0) is 45.2 Å². The van der Waals surface area contributed by atoms with Gasteiger partial charge in [-0.3, -0.25) is 9.59 Å². The van der Waals surface area contributed by atoms with Crippen molar-refractivity contribution in [3.8, 4) is 0 Å². The fourth-order valence-electron chi connectivity index (χ4n) is 4.63. The Labute approximate surface area is 218 Å². The number of nitrogens with one attached hydrogen (secondary N) is 1. The number of nitrogens with zero attached hydrogens (tertiary/aromatic N) is 1. The Bertz CT molecular complexity index is 1400. The van der Waals surface area contributed by atoms with Gasteiger partial charge in [-0.1, -0.05) is 60.2 Å². The van der Waals surface area contributed by atoms with E-state index < -0.39 is 15.9 Å². The van der Waals surface area contributed by atoms with Crippen LogP contribution in [0.3, 0.4) is 0 Å². The molecule has 0 unspecified atom stereocenters. The van der Waals surface area contributed by atoms with Crippen LogP contribution in [0.15, 0.2) is 71.6 Å². The molecule has 194 valence electrons. The van der Waals surface area contributed by atoms with Crippen LogP contribution in [0.1, 0.15) is 39.4 Å². The molecule has 0 saturated carbocycles. The van der Waals surface area contributed by atoms with E-state index in [4.69, 9.17) is 0 Å². The minimum Gasteiger partial charge on any atom is -0.394 e. The van der Waals surface area contributed by atoms with E-state index in [1.54, 1.807) is 17.0 Å². The lowest BCUT2D eigenvalue weighted by atomic mass is 9.95. The van der Waals surface area contributed by atoms with Crippen LogP contribution in [0.25, 0.3) is 0 Å². The summed E-state index contributed by atoms with van der Waals surface area (Å²) in [5.74, 6) is -0.202. The molecule has 1 aliphatic rings. The average molecular weight is 521 g/mol. The predicted octanol–water partition coefficient (Wildman–Crippen LogP) is 2.92. The van der Waals surface area contributed by atoms with Gasteiger partial charge in [-0.15, -0.1) is 0 Å². The van der Waals surface area contributed by atoms with E-state index in [9.17, 15) is 23.1 Å². The van der Waals surface area contributed by atoms with Crippen LogP contribution >= 0.6 is 0 Å². The number of sulfone groups is 1. The smallest absolute Gasteiger partial charge is 0.227 e. The van der Waals surface area contributed by atoms with Crippen LogP contribution in [0.5, 0.6) is 0 Å². The van der Waals surface area contributed by atoms with Gasteiger partial charge in [0.1, 0.15) is 0 Å². The number of hydrogen-bond donors (Lipinski definition) is 2. The molecule has 1 heterocycles. The molecule has 0 bridgehead atoms. The predicted molar refractivity (Wildman–Crippen MR) is 142 cm³/mol. The molecule has 3 aromatic carbocycles. The summed E-state index contributed by atoms with van der Waals surface area (Å²) in [7, 11) is -3.28. The summed E-state index contributed by atoms with van der Waals surface area (Å²) in [6.07, 6.45) is 2.27. The largest absolute Gasteiger partial charge is 0.394 e. The van der Waals surface area contributed by atoms with Crippen molar-refractivity contribution in [1.82, 2.24) is 10.2 Å². The summed E-state index contributed by atoms with van der Waals surface area (Å²) < 4.78 is 23.3. The number of benzene rings is 3. The van der Waals surface area contributed by atoms with Crippen molar-refractivity contribution < 1.29 is 23.1 Å². The van der Waals surface area contributed by atoms with Gasteiger partial charge in [0.05, 0.1) is 30.4 Å². The summed E-state index contributed by atoms with van der Waals surface area (Å²) in [6.45, 7) is 2.86. The number of carbonyl (C=O) groups excluding carboxylic acids is 2. The number of aliphatic hydroxyl groups is 1. The highest BCUT2D eigenvalue weighted by atomic mass is 32.2. The molecule has 37 heavy (non-hydrogen) atoms. The van der Waals surface area contributed by atoms with E-state index in [1.165, 1.54) is 17.7 Å². The van der Waals surface area contributed by atoms with Crippen molar-refractivity contribution in [3.63, 3.8) is 0 Å². The highest BCUT2D eigenvalue weighted by Gasteiger charge is 2.22. The van der Waals surface area contributed by atoms with Crippen molar-refractivity contribution in [3.05, 3.63) is 100 Å². The zero-order valence-electron chi connectivity index (χ0n) is 21.1. The molecule has 3 aromatic rings. The van der Waals surface area contributed by atoms with Gasteiger partial charge in [0, 0.05) is 19.3 Å². The first-order valence-electron chi connectivity index (χ1n) is 12.3. The van der Waals surface area contributed by atoms with Gasteiger partial charge in [0.2, 0.25) is 11.8 Å². The second kappa shape index (κ2) is 11.3. The highest BCUT2D eigenvalue weighted by Crippen LogP contribution is 2.22. The van der Waals surface area contributed by atoms with Crippen molar-refractivity contribution in [2.75, 3.05) is 19.4 Å². The molecule has 1 atom stereocenters. The fourth-order valence-corrected chi connectivity index (χ4v) is 5.26. The lowest BCUT2D eigenvalue weighted by Gasteiger charge is -2.29. The molecule has 0 spiro atoms. The zero-order valence-corrected chi connectivity index (χ0v) is 21.9. The normalized spacial score (nSPS) is 14.1. The quantitative estimate of drug-likeness (QED) is 0.475. The third-order valence-electron chi connectivity index (χ3n) is 6.67. The van der Waals surface area contributed by atoms with Gasteiger partial charge >= 0.3 is 0 Å². The van der Waals surface area contributed by atoms with E-state index in [0.717, 1.165) is 40.5 Å². The van der Waals surface area contributed by atoms with E-state index in [1.807, 2.05) is 49.4 Å². The van der Waals surface area contributed by atoms with Crippen molar-refractivity contribution in [2.45, 2.75) is 43.7 Å². The molecule has 0 fully saturated rings. The van der Waals surface area contributed by atoms with Crippen LogP contribution in [0.2, 0.25) is 0 Å². The maximum absolute atomic E-state index is 13.0. The van der Waals surface area contributed by atoms with Crippen LogP contribution < -0.4 is 5.32 Å². The molecule has 2 N–H and O–H groups in total. The Hall–Kier alpha value is -3.49. The molecule has 7 nitrogen and oxygen atoms in total. The minimum absolute atomic E-state index is 0.0233. The van der Waals surface area contributed by atoms with Gasteiger partial charge < -0.3 is 15.3 Å². The van der Waals surface area contributed by atoms with Crippen molar-refractivity contribution in [1.29, 1.82) is 0 Å². The third kappa shape index (κ3) is 6.84. The number of aliphatic hydroxyl groups excluding tert-OH is 1. The number of rotatable bonds is 8. The first kappa shape index (κ1) is 26.6. The molecule has 0 radical (unpaired) electrons. The van der Waals surface area contributed by atoms with E-state index in [2.05, 4.69) is 5.32 Å². The summed E-state index contributed by atoms with van der Waals surface area (Å²) in [6, 6.07) is 19.6. The van der Waals surface area contributed by atoms with Gasteiger partial charge in [0.15, 0.2) is 9.84 Å². The van der Waals surface area contributed by atoms with Gasteiger partial charge in [-0.2, -0.15) is 0 Å². The Morgan fingerprint density at radius 3 is 2.38 bits per heavy atom. The topological polar surface area (TPSA) is 104 Å². The Morgan fingerprint density at radius 2 is 1.70 bits per heavy atom. The second-order valence-corrected chi connectivity index (χ2v) is 11.7. The first-order valence-corrected chi connectivity index (χ1v) is 14.2. The molecule has 0 aliphatic carbocycles. The number of fused-ring (bicyclic) bond motifs is 1. The standard InChI is InChI=1S/C29H32N2O5S/c1-20-4-3-5-24(14-20)27(19-32)30-28(33)16-22-6-9-23-12-13-31(18-25(23)15-22)29(34)17-21-7-10-26(11-8-21)37(2,35)36/h3-11,14-15,27,32H,12-13,16-19H2,1-2H3,(H,30,33)/t27-/m1/s1.